The number of nitrogens with zero attached hydrogens (tertiary/aromatic N) is 3. The molecule has 3 aromatic rings. The number of halogens is 1. The van der Waals surface area contributed by atoms with Gasteiger partial charge in [0, 0.05) is 16.8 Å². The van der Waals surface area contributed by atoms with Crippen LogP contribution >= 0.6 is 22.9 Å². The summed E-state index contributed by atoms with van der Waals surface area (Å²) in [6, 6.07) is 11.4. The summed E-state index contributed by atoms with van der Waals surface area (Å²) in [6.07, 6.45) is 6.59. The third kappa shape index (κ3) is 4.16. The highest BCUT2D eigenvalue weighted by molar-refractivity contribution is 7.13. The maximum absolute atomic E-state index is 13.9. The highest BCUT2D eigenvalue weighted by Crippen LogP contribution is 2.36. The summed E-state index contributed by atoms with van der Waals surface area (Å²) in [6.45, 7) is 4.02. The fraction of sp³-hybridized carbons (Fsp3) is 0.423. The Morgan fingerprint density at radius 1 is 1.18 bits per heavy atom. The van der Waals surface area contributed by atoms with Crippen molar-refractivity contribution in [3.8, 4) is 10.6 Å². The Bertz CT molecular complexity index is 1210. The van der Waals surface area contributed by atoms with Gasteiger partial charge in [0.15, 0.2) is 0 Å². The molecule has 5 rings (SSSR count). The molecular weight excluding hydrogens is 468 g/mol. The number of aromatic nitrogens is 2. The van der Waals surface area contributed by atoms with Gasteiger partial charge >= 0.3 is 0 Å². The topological polar surface area (TPSA) is 67.2 Å². The van der Waals surface area contributed by atoms with Gasteiger partial charge in [-0.3, -0.25) is 19.2 Å². The molecule has 178 valence electrons. The zero-order valence-electron chi connectivity index (χ0n) is 19.5. The SMILES string of the molecule is Cc1ccc(N2C(=O)c3cc(-c4cccs4)nn3CC2(C)C(=O)NC2CCCCCC2)cc1Cl. The van der Waals surface area contributed by atoms with Crippen LogP contribution in [0.15, 0.2) is 41.8 Å². The Labute approximate surface area is 208 Å². The second-order valence-corrected chi connectivity index (χ2v) is 10.9. The second kappa shape index (κ2) is 9.19. The van der Waals surface area contributed by atoms with Gasteiger partial charge in [-0.15, -0.1) is 11.3 Å². The molecule has 0 bridgehead atoms. The molecule has 2 amide bonds. The van der Waals surface area contributed by atoms with Gasteiger partial charge in [0.2, 0.25) is 5.91 Å². The average Bonchev–Trinajstić information content (AvgIpc) is 3.42. The Morgan fingerprint density at radius 3 is 2.62 bits per heavy atom. The fourth-order valence-corrected chi connectivity index (χ4v) is 5.87. The molecule has 2 aliphatic rings. The normalized spacial score (nSPS) is 21.3. The highest BCUT2D eigenvalue weighted by atomic mass is 35.5. The lowest BCUT2D eigenvalue weighted by atomic mass is 9.93. The van der Waals surface area contributed by atoms with Crippen LogP contribution in [0.1, 0.15) is 61.5 Å². The third-order valence-electron chi connectivity index (χ3n) is 7.02. The van der Waals surface area contributed by atoms with E-state index < -0.39 is 5.54 Å². The lowest BCUT2D eigenvalue weighted by Gasteiger charge is -2.43. The molecule has 1 aliphatic carbocycles. The van der Waals surface area contributed by atoms with E-state index in [0.29, 0.717) is 16.4 Å². The molecular formula is C26H29ClN4O2S. The fourth-order valence-electron chi connectivity index (χ4n) is 5.02. The van der Waals surface area contributed by atoms with Crippen molar-refractivity contribution in [2.45, 2.75) is 70.5 Å². The van der Waals surface area contributed by atoms with Crippen molar-refractivity contribution in [2.75, 3.05) is 4.90 Å². The first kappa shape index (κ1) is 23.1. The lowest BCUT2D eigenvalue weighted by Crippen LogP contribution is -2.65. The Morgan fingerprint density at radius 2 is 1.94 bits per heavy atom. The van der Waals surface area contributed by atoms with E-state index in [2.05, 4.69) is 5.32 Å². The van der Waals surface area contributed by atoms with Crippen LogP contribution < -0.4 is 10.2 Å². The third-order valence-corrected chi connectivity index (χ3v) is 8.32. The van der Waals surface area contributed by atoms with E-state index in [-0.39, 0.29) is 24.4 Å². The zero-order chi connectivity index (χ0) is 23.9. The predicted octanol–water partition coefficient (Wildman–Crippen LogP) is 5.83. The number of anilines is 1. The maximum Gasteiger partial charge on any atom is 0.277 e. The van der Waals surface area contributed by atoms with E-state index >= 15 is 0 Å². The summed E-state index contributed by atoms with van der Waals surface area (Å²) >= 11 is 8.02. The zero-order valence-corrected chi connectivity index (χ0v) is 21.1. The summed E-state index contributed by atoms with van der Waals surface area (Å²) < 4.78 is 1.69. The molecule has 1 aromatic carbocycles. The molecule has 1 aliphatic heterocycles. The van der Waals surface area contributed by atoms with Crippen LogP contribution in [0.4, 0.5) is 5.69 Å². The number of nitrogens with one attached hydrogen (secondary N) is 1. The van der Waals surface area contributed by atoms with Crippen molar-refractivity contribution in [3.63, 3.8) is 0 Å². The first-order chi connectivity index (χ1) is 16.4. The smallest absolute Gasteiger partial charge is 0.277 e. The largest absolute Gasteiger partial charge is 0.351 e. The molecule has 1 saturated carbocycles. The van der Waals surface area contributed by atoms with Gasteiger partial charge in [-0.1, -0.05) is 49.4 Å². The molecule has 1 unspecified atom stereocenters. The monoisotopic (exact) mass is 496 g/mol. The molecule has 1 fully saturated rings. The summed E-state index contributed by atoms with van der Waals surface area (Å²) in [4.78, 5) is 30.4. The summed E-state index contributed by atoms with van der Waals surface area (Å²) in [7, 11) is 0. The Balaban J connectivity index is 1.56. The van der Waals surface area contributed by atoms with Crippen LogP contribution in [0.3, 0.4) is 0 Å². The van der Waals surface area contributed by atoms with Gasteiger partial charge in [-0.2, -0.15) is 5.10 Å². The number of fused-ring (bicyclic) bond motifs is 1. The molecule has 8 heteroatoms. The molecule has 1 N–H and O–H groups in total. The van der Waals surface area contributed by atoms with Crippen molar-refractivity contribution in [2.24, 2.45) is 0 Å². The van der Waals surface area contributed by atoms with Gasteiger partial charge in [0.05, 0.1) is 11.4 Å². The summed E-state index contributed by atoms with van der Waals surface area (Å²) in [5, 5.41) is 10.5. The Hall–Kier alpha value is -2.64. The van der Waals surface area contributed by atoms with Gasteiger partial charge in [-0.25, -0.2) is 0 Å². The van der Waals surface area contributed by atoms with E-state index in [0.717, 1.165) is 41.8 Å². The van der Waals surface area contributed by atoms with Crippen LogP contribution in [0.25, 0.3) is 10.6 Å². The number of carbonyl (C=O) groups excluding carboxylic acids is 2. The minimum Gasteiger partial charge on any atom is -0.351 e. The number of thiophene rings is 1. The number of hydrogen-bond donors (Lipinski definition) is 1. The number of rotatable bonds is 4. The van der Waals surface area contributed by atoms with Gasteiger partial charge in [0.1, 0.15) is 16.9 Å². The Kier molecular flexibility index (Phi) is 6.25. The van der Waals surface area contributed by atoms with Gasteiger partial charge in [-0.05, 0) is 61.9 Å². The van der Waals surface area contributed by atoms with Gasteiger partial charge < -0.3 is 5.32 Å². The van der Waals surface area contributed by atoms with Crippen LogP contribution in [0.2, 0.25) is 5.02 Å². The van der Waals surface area contributed by atoms with Gasteiger partial charge in [0.25, 0.3) is 5.91 Å². The summed E-state index contributed by atoms with van der Waals surface area (Å²) in [5.74, 6) is -0.400. The molecule has 34 heavy (non-hydrogen) atoms. The standard InChI is InChI=1S/C26H29ClN4O2S/c1-17-11-12-19(14-20(17)27)31-24(32)22-15-21(23-10-7-13-34-23)29-30(22)16-26(31,2)25(33)28-18-8-5-3-4-6-9-18/h7,10-15,18H,3-6,8-9,16H2,1-2H3,(H,28,33). The van der Waals surface area contributed by atoms with E-state index in [9.17, 15) is 9.59 Å². The molecule has 1 atom stereocenters. The maximum atomic E-state index is 13.9. The molecule has 0 saturated heterocycles. The molecule has 6 nitrogen and oxygen atoms in total. The predicted molar refractivity (Wildman–Crippen MR) is 137 cm³/mol. The number of aryl methyl sites for hydroxylation is 1. The quantitative estimate of drug-likeness (QED) is 0.462. The van der Waals surface area contributed by atoms with E-state index in [4.69, 9.17) is 16.7 Å². The van der Waals surface area contributed by atoms with E-state index in [1.54, 1.807) is 27.0 Å². The van der Waals surface area contributed by atoms with E-state index in [1.807, 2.05) is 49.6 Å². The first-order valence-electron chi connectivity index (χ1n) is 11.9. The van der Waals surface area contributed by atoms with Crippen LogP contribution in [-0.4, -0.2) is 33.2 Å². The van der Waals surface area contributed by atoms with Crippen LogP contribution in [-0.2, 0) is 11.3 Å². The molecule has 0 radical (unpaired) electrons. The number of benzene rings is 1. The van der Waals surface area contributed by atoms with Crippen molar-refractivity contribution < 1.29 is 9.59 Å². The van der Waals surface area contributed by atoms with Crippen LogP contribution in [0, 0.1) is 6.92 Å². The van der Waals surface area contributed by atoms with Crippen molar-refractivity contribution >= 4 is 40.4 Å². The van der Waals surface area contributed by atoms with Crippen molar-refractivity contribution in [3.05, 3.63) is 58.1 Å². The van der Waals surface area contributed by atoms with Crippen molar-refractivity contribution in [1.82, 2.24) is 15.1 Å². The molecule has 2 aromatic heterocycles. The van der Waals surface area contributed by atoms with E-state index in [1.165, 1.54) is 12.8 Å². The minimum atomic E-state index is -1.15. The minimum absolute atomic E-state index is 0.131. The second-order valence-electron chi connectivity index (χ2n) is 9.56. The van der Waals surface area contributed by atoms with Crippen molar-refractivity contribution in [1.29, 1.82) is 0 Å². The molecule has 3 heterocycles. The molecule has 0 spiro atoms. The van der Waals surface area contributed by atoms with Crippen LogP contribution in [0.5, 0.6) is 0 Å². The highest BCUT2D eigenvalue weighted by Gasteiger charge is 2.49. The lowest BCUT2D eigenvalue weighted by molar-refractivity contribution is -0.127. The first-order valence-corrected chi connectivity index (χ1v) is 13.2. The number of amides is 2. The average molecular weight is 497 g/mol. The number of carbonyl (C=O) groups is 2. The number of hydrogen-bond acceptors (Lipinski definition) is 4. The summed E-state index contributed by atoms with van der Waals surface area (Å²) in [5.41, 5.74) is 1.61.